The summed E-state index contributed by atoms with van der Waals surface area (Å²) in [6.07, 6.45) is 0. The summed E-state index contributed by atoms with van der Waals surface area (Å²) in [4.78, 5) is 2.38. The molecule has 0 saturated heterocycles. The zero-order chi connectivity index (χ0) is 34.1. The number of hydrogen-bond donors (Lipinski definition) is 0. The van der Waals surface area contributed by atoms with Crippen molar-refractivity contribution in [3.63, 3.8) is 0 Å². The van der Waals surface area contributed by atoms with Crippen molar-refractivity contribution in [2.75, 3.05) is 4.90 Å². The standard InChI is InChI=1S/C49H35NO/c1-49(2)43-23-10-8-18-38(43)41-22-12-20-36(47(41)49)33-26-29-35(30-27-33)50(34-15-4-3-5-16-34)44-24-11-9-19-39(44)40-21-13-25-45-46(40)42-31-28-32-14-6-7-17-37(32)48(42)51-45/h3-31H,1-2H3. The van der Waals surface area contributed by atoms with Gasteiger partial charge >= 0.3 is 0 Å². The van der Waals surface area contributed by atoms with Crippen molar-refractivity contribution >= 4 is 49.8 Å². The summed E-state index contributed by atoms with van der Waals surface area (Å²) < 4.78 is 6.61. The molecule has 9 aromatic rings. The predicted octanol–water partition coefficient (Wildman–Crippen LogP) is 13.8. The third-order valence-electron chi connectivity index (χ3n) is 10.9. The fourth-order valence-corrected chi connectivity index (χ4v) is 8.56. The summed E-state index contributed by atoms with van der Waals surface area (Å²) in [6, 6.07) is 63.5. The minimum atomic E-state index is -0.0826. The van der Waals surface area contributed by atoms with Crippen LogP contribution in [0.3, 0.4) is 0 Å². The highest BCUT2D eigenvalue weighted by Crippen LogP contribution is 2.52. The molecule has 1 aromatic heterocycles. The molecule has 1 aliphatic carbocycles. The highest BCUT2D eigenvalue weighted by Gasteiger charge is 2.37. The van der Waals surface area contributed by atoms with Crippen LogP contribution in [0.1, 0.15) is 25.0 Å². The Kier molecular flexibility index (Phi) is 6.56. The number of rotatable bonds is 5. The molecular formula is C49H35NO. The van der Waals surface area contributed by atoms with E-state index in [2.05, 4.69) is 195 Å². The van der Waals surface area contributed by atoms with Crippen molar-refractivity contribution in [3.05, 3.63) is 187 Å². The molecule has 0 amide bonds. The molecule has 51 heavy (non-hydrogen) atoms. The number of furan rings is 1. The molecule has 242 valence electrons. The molecule has 2 heteroatoms. The fraction of sp³-hybridized carbons (Fsp3) is 0.0612. The summed E-state index contributed by atoms with van der Waals surface area (Å²) in [6.45, 7) is 4.71. The second kappa shape index (κ2) is 11.3. The van der Waals surface area contributed by atoms with Gasteiger partial charge in [0.15, 0.2) is 0 Å². The van der Waals surface area contributed by atoms with Crippen molar-refractivity contribution in [2.24, 2.45) is 0 Å². The van der Waals surface area contributed by atoms with Gasteiger partial charge in [0, 0.05) is 38.5 Å². The molecule has 0 saturated carbocycles. The Bertz CT molecular complexity index is 2770. The van der Waals surface area contributed by atoms with Crippen molar-refractivity contribution in [1.82, 2.24) is 0 Å². The van der Waals surface area contributed by atoms with Crippen molar-refractivity contribution in [3.8, 4) is 33.4 Å². The molecule has 0 atom stereocenters. The number of hydrogen-bond acceptors (Lipinski definition) is 2. The van der Waals surface area contributed by atoms with Gasteiger partial charge in [0.25, 0.3) is 0 Å². The van der Waals surface area contributed by atoms with E-state index in [1.165, 1.54) is 38.8 Å². The Balaban J connectivity index is 1.13. The minimum Gasteiger partial charge on any atom is -0.455 e. The largest absolute Gasteiger partial charge is 0.455 e. The van der Waals surface area contributed by atoms with E-state index in [4.69, 9.17) is 4.42 Å². The zero-order valence-corrected chi connectivity index (χ0v) is 28.6. The minimum absolute atomic E-state index is 0.0826. The topological polar surface area (TPSA) is 16.4 Å². The molecule has 1 aliphatic rings. The molecule has 1 heterocycles. The van der Waals surface area contributed by atoms with E-state index in [0.29, 0.717) is 0 Å². The Morgan fingerprint density at radius 1 is 0.451 bits per heavy atom. The highest BCUT2D eigenvalue weighted by atomic mass is 16.3. The smallest absolute Gasteiger partial charge is 0.143 e. The first kappa shape index (κ1) is 29.5. The Morgan fingerprint density at radius 3 is 1.96 bits per heavy atom. The maximum atomic E-state index is 6.61. The third kappa shape index (κ3) is 4.50. The first-order valence-electron chi connectivity index (χ1n) is 17.7. The molecule has 0 spiro atoms. The van der Waals surface area contributed by atoms with E-state index >= 15 is 0 Å². The van der Waals surface area contributed by atoms with Gasteiger partial charge in [-0.3, -0.25) is 0 Å². The number of benzene rings is 8. The molecule has 0 radical (unpaired) electrons. The second-order valence-corrected chi connectivity index (χ2v) is 14.1. The van der Waals surface area contributed by atoms with Crippen molar-refractivity contribution in [1.29, 1.82) is 0 Å². The monoisotopic (exact) mass is 653 g/mol. The van der Waals surface area contributed by atoms with E-state index in [1.54, 1.807) is 0 Å². The predicted molar refractivity (Wildman–Crippen MR) is 214 cm³/mol. The van der Waals surface area contributed by atoms with Crippen LogP contribution in [-0.4, -0.2) is 0 Å². The van der Waals surface area contributed by atoms with Crippen LogP contribution in [0.25, 0.3) is 66.1 Å². The molecule has 0 N–H and O–H groups in total. The molecule has 8 aromatic carbocycles. The summed E-state index contributed by atoms with van der Waals surface area (Å²) in [5.41, 5.74) is 15.3. The van der Waals surface area contributed by atoms with Gasteiger partial charge in [0.05, 0.1) is 5.69 Å². The normalized spacial score (nSPS) is 13.1. The molecule has 0 fully saturated rings. The average molecular weight is 654 g/mol. The van der Waals surface area contributed by atoms with Crippen molar-refractivity contribution in [2.45, 2.75) is 19.3 Å². The van der Waals surface area contributed by atoms with E-state index in [1.807, 2.05) is 0 Å². The molecular weight excluding hydrogens is 619 g/mol. The quantitative estimate of drug-likeness (QED) is 0.184. The van der Waals surface area contributed by atoms with Gasteiger partial charge in [-0.2, -0.15) is 0 Å². The van der Waals surface area contributed by atoms with Crippen LogP contribution in [0.2, 0.25) is 0 Å². The zero-order valence-electron chi connectivity index (χ0n) is 28.6. The average Bonchev–Trinajstić information content (AvgIpc) is 3.69. The van der Waals surface area contributed by atoms with Crippen LogP contribution in [-0.2, 0) is 5.41 Å². The van der Waals surface area contributed by atoms with Crippen LogP contribution in [0, 0.1) is 0 Å². The van der Waals surface area contributed by atoms with Gasteiger partial charge in [-0.15, -0.1) is 0 Å². The van der Waals surface area contributed by atoms with Crippen LogP contribution in [0.4, 0.5) is 17.1 Å². The summed E-state index contributed by atoms with van der Waals surface area (Å²) >= 11 is 0. The van der Waals surface area contributed by atoms with E-state index in [9.17, 15) is 0 Å². The molecule has 0 aliphatic heterocycles. The van der Waals surface area contributed by atoms with Crippen LogP contribution >= 0.6 is 0 Å². The lowest BCUT2D eigenvalue weighted by Gasteiger charge is -2.28. The van der Waals surface area contributed by atoms with Gasteiger partial charge in [0.2, 0.25) is 0 Å². The molecule has 2 nitrogen and oxygen atoms in total. The Labute approximate surface area is 297 Å². The maximum absolute atomic E-state index is 6.61. The summed E-state index contributed by atoms with van der Waals surface area (Å²) in [7, 11) is 0. The van der Waals surface area contributed by atoms with Gasteiger partial charge in [-0.25, -0.2) is 0 Å². The maximum Gasteiger partial charge on any atom is 0.143 e. The fourth-order valence-electron chi connectivity index (χ4n) is 8.56. The number of anilines is 3. The second-order valence-electron chi connectivity index (χ2n) is 14.1. The van der Waals surface area contributed by atoms with Crippen molar-refractivity contribution < 1.29 is 4.42 Å². The number of fused-ring (bicyclic) bond motifs is 8. The molecule has 10 rings (SSSR count). The third-order valence-corrected chi connectivity index (χ3v) is 10.9. The highest BCUT2D eigenvalue weighted by molar-refractivity contribution is 6.19. The van der Waals surface area contributed by atoms with E-state index in [-0.39, 0.29) is 5.41 Å². The number of para-hydroxylation sites is 2. The van der Waals surface area contributed by atoms with Crippen LogP contribution in [0.15, 0.2) is 180 Å². The Hall–Kier alpha value is -6.38. The Morgan fingerprint density at radius 2 is 1.10 bits per heavy atom. The van der Waals surface area contributed by atoms with Gasteiger partial charge in [0.1, 0.15) is 11.2 Å². The first-order chi connectivity index (χ1) is 25.1. The van der Waals surface area contributed by atoms with E-state index < -0.39 is 0 Å². The van der Waals surface area contributed by atoms with E-state index in [0.717, 1.165) is 55.5 Å². The lowest BCUT2D eigenvalue weighted by molar-refractivity contribution is 0.662. The van der Waals surface area contributed by atoms with Gasteiger partial charge in [-0.05, 0) is 86.8 Å². The van der Waals surface area contributed by atoms with Gasteiger partial charge in [-0.1, -0.05) is 147 Å². The molecule has 0 unspecified atom stereocenters. The molecule has 0 bridgehead atoms. The lowest BCUT2D eigenvalue weighted by Crippen LogP contribution is -2.16. The SMILES string of the molecule is CC1(C)c2ccccc2-c2cccc(-c3ccc(N(c4ccccc4)c4ccccc4-c4cccc5oc6c7ccccc7ccc6c45)cc3)c21. The summed E-state index contributed by atoms with van der Waals surface area (Å²) in [5.74, 6) is 0. The van der Waals surface area contributed by atoms with Crippen LogP contribution in [0.5, 0.6) is 0 Å². The summed E-state index contributed by atoms with van der Waals surface area (Å²) in [5, 5.41) is 4.58. The lowest BCUT2D eigenvalue weighted by atomic mass is 9.79. The van der Waals surface area contributed by atoms with Crippen LogP contribution < -0.4 is 4.90 Å². The first-order valence-corrected chi connectivity index (χ1v) is 17.7. The van der Waals surface area contributed by atoms with Gasteiger partial charge < -0.3 is 9.32 Å². The number of nitrogens with zero attached hydrogens (tertiary/aromatic N) is 1.